The molecule has 0 aromatic carbocycles. The number of nitrogens with one attached hydrogen (secondary N) is 2. The molecule has 0 spiro atoms. The van der Waals surface area contributed by atoms with E-state index in [-0.39, 0.29) is 5.92 Å². The Balaban J connectivity index is 3.41. The third-order valence-corrected chi connectivity index (χ3v) is 1.69. The van der Waals surface area contributed by atoms with Gasteiger partial charge in [-0.3, -0.25) is 0 Å². The van der Waals surface area contributed by atoms with Crippen molar-refractivity contribution in [2.45, 2.75) is 13.3 Å². The molecule has 6 heteroatoms. The van der Waals surface area contributed by atoms with Crippen molar-refractivity contribution in [2.75, 3.05) is 20.2 Å². The second kappa shape index (κ2) is 6.99. The Morgan fingerprint density at radius 2 is 2.07 bits per heavy atom. The SMILES string of the molecule is COC(=O)NCC(C)CCNC(=O)O. The second-order valence-electron chi connectivity index (χ2n) is 3.00. The number of alkyl carbamates (subject to hydrolysis) is 1. The number of carboxylic acid groups (broad SMARTS) is 1. The number of rotatable bonds is 5. The molecule has 1 atom stereocenters. The van der Waals surface area contributed by atoms with Crippen LogP contribution >= 0.6 is 0 Å². The maximum Gasteiger partial charge on any atom is 0.406 e. The van der Waals surface area contributed by atoms with Gasteiger partial charge >= 0.3 is 12.2 Å². The fourth-order valence-electron chi connectivity index (χ4n) is 0.857. The molecule has 0 radical (unpaired) electrons. The van der Waals surface area contributed by atoms with Crippen LogP contribution in [0, 0.1) is 5.92 Å². The average molecular weight is 204 g/mol. The van der Waals surface area contributed by atoms with Crippen molar-refractivity contribution in [2.24, 2.45) is 5.92 Å². The average Bonchev–Trinajstić information content (AvgIpc) is 2.13. The molecule has 82 valence electrons. The molecule has 0 aliphatic heterocycles. The van der Waals surface area contributed by atoms with Gasteiger partial charge in [0.25, 0.3) is 0 Å². The first-order chi connectivity index (χ1) is 6.56. The Morgan fingerprint density at radius 1 is 1.43 bits per heavy atom. The topological polar surface area (TPSA) is 87.7 Å². The number of methoxy groups -OCH3 is 1. The van der Waals surface area contributed by atoms with Crippen molar-refractivity contribution in [3.8, 4) is 0 Å². The molecule has 0 bridgehead atoms. The minimum Gasteiger partial charge on any atom is -0.465 e. The molecule has 0 aromatic rings. The highest BCUT2D eigenvalue weighted by molar-refractivity contribution is 5.66. The fourth-order valence-corrected chi connectivity index (χ4v) is 0.857. The molecule has 0 fully saturated rings. The molecule has 2 amide bonds. The Hall–Kier alpha value is -1.46. The van der Waals surface area contributed by atoms with E-state index in [9.17, 15) is 9.59 Å². The number of hydrogen-bond donors (Lipinski definition) is 3. The highest BCUT2D eigenvalue weighted by atomic mass is 16.5. The third-order valence-electron chi connectivity index (χ3n) is 1.69. The van der Waals surface area contributed by atoms with Gasteiger partial charge in [-0.15, -0.1) is 0 Å². The van der Waals surface area contributed by atoms with Gasteiger partial charge in [0.15, 0.2) is 0 Å². The van der Waals surface area contributed by atoms with Crippen LogP contribution in [-0.4, -0.2) is 37.5 Å². The highest BCUT2D eigenvalue weighted by Crippen LogP contribution is 1.98. The van der Waals surface area contributed by atoms with Crippen molar-refractivity contribution in [3.63, 3.8) is 0 Å². The molecule has 0 saturated heterocycles. The monoisotopic (exact) mass is 204 g/mol. The lowest BCUT2D eigenvalue weighted by molar-refractivity contribution is 0.169. The molecular weight excluding hydrogens is 188 g/mol. The highest BCUT2D eigenvalue weighted by Gasteiger charge is 2.05. The second-order valence-corrected chi connectivity index (χ2v) is 3.00. The minimum atomic E-state index is -1.03. The van der Waals surface area contributed by atoms with E-state index >= 15 is 0 Å². The van der Waals surface area contributed by atoms with E-state index in [1.165, 1.54) is 7.11 Å². The molecule has 0 saturated carbocycles. The number of carbonyl (C=O) groups excluding carboxylic acids is 1. The van der Waals surface area contributed by atoms with E-state index in [0.29, 0.717) is 19.5 Å². The largest absolute Gasteiger partial charge is 0.465 e. The van der Waals surface area contributed by atoms with Crippen LogP contribution < -0.4 is 10.6 Å². The van der Waals surface area contributed by atoms with Gasteiger partial charge in [0.1, 0.15) is 0 Å². The number of amides is 2. The van der Waals surface area contributed by atoms with Gasteiger partial charge in [0.2, 0.25) is 0 Å². The van der Waals surface area contributed by atoms with Gasteiger partial charge in [-0.25, -0.2) is 9.59 Å². The van der Waals surface area contributed by atoms with Gasteiger partial charge in [0.05, 0.1) is 7.11 Å². The summed E-state index contributed by atoms with van der Waals surface area (Å²) in [4.78, 5) is 20.7. The lowest BCUT2D eigenvalue weighted by atomic mass is 10.1. The molecule has 0 aromatic heterocycles. The van der Waals surface area contributed by atoms with Crippen molar-refractivity contribution < 1.29 is 19.4 Å². The number of hydrogen-bond acceptors (Lipinski definition) is 3. The first kappa shape index (κ1) is 12.5. The maximum atomic E-state index is 10.7. The predicted octanol–water partition coefficient (Wildman–Crippen LogP) is 0.636. The van der Waals surface area contributed by atoms with Gasteiger partial charge < -0.3 is 20.5 Å². The van der Waals surface area contributed by atoms with Gasteiger partial charge in [-0.1, -0.05) is 6.92 Å². The van der Waals surface area contributed by atoms with Crippen LogP contribution in [0.2, 0.25) is 0 Å². The summed E-state index contributed by atoms with van der Waals surface area (Å²) in [6, 6.07) is 0. The lowest BCUT2D eigenvalue weighted by Gasteiger charge is -2.11. The van der Waals surface area contributed by atoms with E-state index in [1.807, 2.05) is 6.92 Å². The maximum absolute atomic E-state index is 10.7. The molecule has 1 unspecified atom stereocenters. The zero-order valence-electron chi connectivity index (χ0n) is 8.37. The van der Waals surface area contributed by atoms with E-state index in [1.54, 1.807) is 0 Å². The molecule has 0 aliphatic rings. The summed E-state index contributed by atoms with van der Waals surface area (Å²) in [5.41, 5.74) is 0. The summed E-state index contributed by atoms with van der Waals surface area (Å²) in [6.45, 7) is 2.78. The van der Waals surface area contributed by atoms with Gasteiger partial charge in [-0.05, 0) is 12.3 Å². The van der Waals surface area contributed by atoms with Gasteiger partial charge in [-0.2, -0.15) is 0 Å². The summed E-state index contributed by atoms with van der Waals surface area (Å²) < 4.78 is 4.38. The van der Waals surface area contributed by atoms with Crippen LogP contribution in [0.4, 0.5) is 9.59 Å². The van der Waals surface area contributed by atoms with Crippen molar-refractivity contribution in [3.05, 3.63) is 0 Å². The molecular formula is C8H16N2O4. The van der Waals surface area contributed by atoms with Crippen molar-refractivity contribution in [1.29, 1.82) is 0 Å². The smallest absolute Gasteiger partial charge is 0.406 e. The summed E-state index contributed by atoms with van der Waals surface area (Å²) in [5, 5.41) is 13.1. The summed E-state index contributed by atoms with van der Waals surface area (Å²) in [6.07, 6.45) is -0.822. The Kier molecular flexibility index (Phi) is 6.26. The van der Waals surface area contributed by atoms with Crippen molar-refractivity contribution >= 4 is 12.2 Å². The van der Waals surface area contributed by atoms with E-state index < -0.39 is 12.2 Å². The van der Waals surface area contributed by atoms with Gasteiger partial charge in [0, 0.05) is 13.1 Å². The zero-order valence-corrected chi connectivity index (χ0v) is 8.37. The molecule has 0 aliphatic carbocycles. The van der Waals surface area contributed by atoms with E-state index in [0.717, 1.165) is 0 Å². The van der Waals surface area contributed by atoms with Crippen molar-refractivity contribution in [1.82, 2.24) is 10.6 Å². The molecule has 3 N–H and O–H groups in total. The first-order valence-electron chi connectivity index (χ1n) is 4.35. The van der Waals surface area contributed by atoms with E-state index in [4.69, 9.17) is 5.11 Å². The molecule has 14 heavy (non-hydrogen) atoms. The Bertz CT molecular complexity index is 196. The summed E-state index contributed by atoms with van der Waals surface area (Å²) >= 11 is 0. The minimum absolute atomic E-state index is 0.209. The van der Waals surface area contributed by atoms with E-state index in [2.05, 4.69) is 15.4 Å². The van der Waals surface area contributed by atoms with Crippen LogP contribution in [0.15, 0.2) is 0 Å². The number of ether oxygens (including phenoxy) is 1. The summed E-state index contributed by atoms with van der Waals surface area (Å²) in [7, 11) is 1.30. The fraction of sp³-hybridized carbons (Fsp3) is 0.750. The normalized spacial score (nSPS) is 11.6. The quantitative estimate of drug-likeness (QED) is 0.613. The number of carbonyl (C=O) groups is 2. The zero-order chi connectivity index (χ0) is 11.0. The Morgan fingerprint density at radius 3 is 2.57 bits per heavy atom. The lowest BCUT2D eigenvalue weighted by Crippen LogP contribution is -2.30. The van der Waals surface area contributed by atoms with Crippen LogP contribution in [0.5, 0.6) is 0 Å². The molecule has 0 rings (SSSR count). The van der Waals surface area contributed by atoms with Crippen LogP contribution in [-0.2, 0) is 4.74 Å². The molecule has 6 nitrogen and oxygen atoms in total. The van der Waals surface area contributed by atoms with Crippen LogP contribution in [0.3, 0.4) is 0 Å². The summed E-state index contributed by atoms with van der Waals surface area (Å²) in [5.74, 6) is 0.209. The Labute approximate surface area is 82.6 Å². The first-order valence-corrected chi connectivity index (χ1v) is 4.35. The third kappa shape index (κ3) is 7.20. The predicted molar refractivity (Wildman–Crippen MR) is 50.2 cm³/mol. The van der Waals surface area contributed by atoms with Crippen LogP contribution in [0.1, 0.15) is 13.3 Å². The molecule has 0 heterocycles. The standard InChI is InChI=1S/C8H16N2O4/c1-6(3-4-9-7(11)12)5-10-8(13)14-2/h6,9H,3-5H2,1-2H3,(H,10,13)(H,11,12). The van der Waals surface area contributed by atoms with Crippen LogP contribution in [0.25, 0.3) is 0 Å².